The number of rotatable bonds is 4. The van der Waals surface area contributed by atoms with Crippen LogP contribution in [0.2, 0.25) is 0 Å². The number of benzene rings is 1. The van der Waals surface area contributed by atoms with E-state index in [1.54, 1.807) is 0 Å². The van der Waals surface area contributed by atoms with E-state index in [0.29, 0.717) is 12.5 Å². The van der Waals surface area contributed by atoms with E-state index in [2.05, 4.69) is 5.32 Å². The number of halogens is 2. The third-order valence-electron chi connectivity index (χ3n) is 3.25. The van der Waals surface area contributed by atoms with Gasteiger partial charge in [0.05, 0.1) is 5.56 Å². The van der Waals surface area contributed by atoms with Crippen LogP contribution in [0.5, 0.6) is 0 Å². The van der Waals surface area contributed by atoms with Gasteiger partial charge in [0, 0.05) is 18.7 Å². The molecule has 0 aliphatic heterocycles. The second kappa shape index (κ2) is 5.02. The van der Waals surface area contributed by atoms with Crippen LogP contribution in [-0.2, 0) is 0 Å². The van der Waals surface area contributed by atoms with Crippen LogP contribution < -0.4 is 11.1 Å². The Kier molecular flexibility index (Phi) is 3.61. The summed E-state index contributed by atoms with van der Waals surface area (Å²) in [6, 6.07) is 1.83. The van der Waals surface area contributed by atoms with E-state index in [0.717, 1.165) is 18.9 Å². The summed E-state index contributed by atoms with van der Waals surface area (Å²) >= 11 is 0. The number of hydrogen-bond donors (Lipinski definition) is 2. The molecule has 98 valence electrons. The van der Waals surface area contributed by atoms with E-state index < -0.39 is 17.5 Å². The maximum Gasteiger partial charge on any atom is 0.254 e. The van der Waals surface area contributed by atoms with Crippen LogP contribution in [0.25, 0.3) is 0 Å². The number of carbonyl (C=O) groups is 1. The van der Waals surface area contributed by atoms with Gasteiger partial charge >= 0.3 is 0 Å². The minimum Gasteiger partial charge on any atom is -0.348 e. The summed E-state index contributed by atoms with van der Waals surface area (Å²) in [5, 5.41) is 2.71. The van der Waals surface area contributed by atoms with Gasteiger partial charge < -0.3 is 11.1 Å². The lowest BCUT2D eigenvalue weighted by molar-refractivity contribution is 0.0929. The smallest absolute Gasteiger partial charge is 0.254 e. The number of carbonyl (C=O) groups excluding carboxylic acids is 1. The van der Waals surface area contributed by atoms with Crippen molar-refractivity contribution in [3.63, 3.8) is 0 Å². The van der Waals surface area contributed by atoms with Gasteiger partial charge in [0.15, 0.2) is 0 Å². The zero-order valence-electron chi connectivity index (χ0n) is 10.2. The maximum absolute atomic E-state index is 13.5. The molecule has 18 heavy (non-hydrogen) atoms. The Hall–Kier alpha value is -1.49. The molecule has 3 N–H and O–H groups in total. The average molecular weight is 254 g/mol. The highest BCUT2D eigenvalue weighted by molar-refractivity contribution is 5.94. The fraction of sp³-hybridized carbons (Fsp3) is 0.462. The van der Waals surface area contributed by atoms with Crippen LogP contribution in [0.1, 0.15) is 28.8 Å². The number of amides is 1. The van der Waals surface area contributed by atoms with E-state index in [4.69, 9.17) is 5.73 Å². The van der Waals surface area contributed by atoms with Crippen molar-refractivity contribution in [2.75, 3.05) is 6.54 Å². The fourth-order valence-electron chi connectivity index (χ4n) is 1.95. The quantitative estimate of drug-likeness (QED) is 0.860. The average Bonchev–Trinajstić information content (AvgIpc) is 3.14. The zero-order chi connectivity index (χ0) is 13.3. The Labute approximate surface area is 104 Å². The lowest BCUT2D eigenvalue weighted by Gasteiger charge is -2.16. The summed E-state index contributed by atoms with van der Waals surface area (Å²) in [5.74, 6) is -1.63. The standard InChI is InChI=1S/C13H16F2N2O/c1-7-4-9(11(15)5-10(7)14)13(18)17-12(6-16)8-2-3-8/h4-5,8,12H,2-3,6,16H2,1H3,(H,17,18). The topological polar surface area (TPSA) is 55.1 Å². The molecule has 1 unspecified atom stereocenters. The molecule has 5 heteroatoms. The molecular weight excluding hydrogens is 238 g/mol. The second-order valence-electron chi connectivity index (χ2n) is 4.73. The third kappa shape index (κ3) is 2.67. The summed E-state index contributed by atoms with van der Waals surface area (Å²) in [4.78, 5) is 11.9. The van der Waals surface area contributed by atoms with E-state index in [1.807, 2.05) is 0 Å². The normalized spacial score (nSPS) is 16.4. The van der Waals surface area contributed by atoms with Crippen molar-refractivity contribution in [2.24, 2.45) is 11.7 Å². The molecule has 0 radical (unpaired) electrons. The molecule has 2 rings (SSSR count). The predicted molar refractivity (Wildman–Crippen MR) is 64.1 cm³/mol. The van der Waals surface area contributed by atoms with Crippen LogP contribution in [0, 0.1) is 24.5 Å². The van der Waals surface area contributed by atoms with Gasteiger partial charge in [0.25, 0.3) is 5.91 Å². The highest BCUT2D eigenvalue weighted by atomic mass is 19.1. The Balaban J connectivity index is 2.15. The predicted octanol–water partition coefficient (Wildman–Crippen LogP) is 1.74. The first kappa shape index (κ1) is 13.0. The van der Waals surface area contributed by atoms with Gasteiger partial charge in [-0.1, -0.05) is 0 Å². The van der Waals surface area contributed by atoms with Crippen molar-refractivity contribution in [1.82, 2.24) is 5.32 Å². The van der Waals surface area contributed by atoms with Crippen molar-refractivity contribution in [3.05, 3.63) is 34.9 Å². The molecule has 3 nitrogen and oxygen atoms in total. The molecule has 0 bridgehead atoms. The van der Waals surface area contributed by atoms with Crippen molar-refractivity contribution < 1.29 is 13.6 Å². The number of hydrogen-bond acceptors (Lipinski definition) is 2. The fourth-order valence-corrected chi connectivity index (χ4v) is 1.95. The Morgan fingerprint density at radius 3 is 2.67 bits per heavy atom. The Morgan fingerprint density at radius 1 is 1.44 bits per heavy atom. The molecule has 0 heterocycles. The summed E-state index contributed by atoms with van der Waals surface area (Å²) in [6.07, 6.45) is 2.07. The van der Waals surface area contributed by atoms with Gasteiger partial charge in [-0.2, -0.15) is 0 Å². The lowest BCUT2D eigenvalue weighted by Crippen LogP contribution is -2.42. The molecule has 0 spiro atoms. The molecule has 1 aromatic rings. The van der Waals surface area contributed by atoms with Gasteiger partial charge in [-0.15, -0.1) is 0 Å². The molecule has 1 amide bonds. The van der Waals surface area contributed by atoms with Gasteiger partial charge in [0.1, 0.15) is 11.6 Å². The van der Waals surface area contributed by atoms with Crippen LogP contribution >= 0.6 is 0 Å². The lowest BCUT2D eigenvalue weighted by atomic mass is 10.1. The molecule has 1 aliphatic rings. The number of aryl methyl sites for hydroxylation is 1. The molecular formula is C13H16F2N2O. The minimum absolute atomic E-state index is 0.123. The first-order chi connectivity index (χ1) is 8.52. The van der Waals surface area contributed by atoms with Crippen LogP contribution in [0.3, 0.4) is 0 Å². The van der Waals surface area contributed by atoms with E-state index >= 15 is 0 Å². The molecule has 0 aromatic heterocycles. The molecule has 1 aromatic carbocycles. The number of nitrogens with one attached hydrogen (secondary N) is 1. The van der Waals surface area contributed by atoms with Crippen LogP contribution in [0.15, 0.2) is 12.1 Å². The zero-order valence-corrected chi connectivity index (χ0v) is 10.2. The van der Waals surface area contributed by atoms with Crippen molar-refractivity contribution in [3.8, 4) is 0 Å². The highest BCUT2D eigenvalue weighted by Gasteiger charge is 2.31. The highest BCUT2D eigenvalue weighted by Crippen LogP contribution is 2.32. The molecule has 1 saturated carbocycles. The second-order valence-corrected chi connectivity index (χ2v) is 4.73. The van der Waals surface area contributed by atoms with E-state index in [9.17, 15) is 13.6 Å². The van der Waals surface area contributed by atoms with Gasteiger partial charge in [0.2, 0.25) is 0 Å². The third-order valence-corrected chi connectivity index (χ3v) is 3.25. The van der Waals surface area contributed by atoms with E-state index in [-0.39, 0.29) is 17.2 Å². The SMILES string of the molecule is Cc1cc(C(=O)NC(CN)C2CC2)c(F)cc1F. The van der Waals surface area contributed by atoms with Crippen molar-refractivity contribution >= 4 is 5.91 Å². The largest absolute Gasteiger partial charge is 0.348 e. The molecule has 1 atom stereocenters. The van der Waals surface area contributed by atoms with Crippen LogP contribution in [0.4, 0.5) is 8.78 Å². The van der Waals surface area contributed by atoms with Gasteiger partial charge in [-0.3, -0.25) is 4.79 Å². The summed E-state index contributed by atoms with van der Waals surface area (Å²) < 4.78 is 26.6. The summed E-state index contributed by atoms with van der Waals surface area (Å²) in [7, 11) is 0. The Bertz CT molecular complexity index is 472. The molecule has 1 aliphatic carbocycles. The summed E-state index contributed by atoms with van der Waals surface area (Å²) in [6.45, 7) is 1.82. The van der Waals surface area contributed by atoms with Gasteiger partial charge in [-0.05, 0) is 37.3 Å². The van der Waals surface area contributed by atoms with E-state index in [1.165, 1.54) is 13.0 Å². The van der Waals surface area contributed by atoms with Gasteiger partial charge in [-0.25, -0.2) is 8.78 Å². The molecule has 1 fully saturated rings. The Morgan fingerprint density at radius 2 is 2.11 bits per heavy atom. The number of nitrogens with two attached hydrogens (primary N) is 1. The maximum atomic E-state index is 13.5. The minimum atomic E-state index is -0.845. The summed E-state index contributed by atoms with van der Waals surface area (Å²) in [5.41, 5.74) is 5.68. The molecule has 0 saturated heterocycles. The van der Waals surface area contributed by atoms with Crippen LogP contribution in [-0.4, -0.2) is 18.5 Å². The first-order valence-electron chi connectivity index (χ1n) is 5.99. The first-order valence-corrected chi connectivity index (χ1v) is 5.99. The van der Waals surface area contributed by atoms with Crippen molar-refractivity contribution in [2.45, 2.75) is 25.8 Å². The monoisotopic (exact) mass is 254 g/mol. The van der Waals surface area contributed by atoms with Crippen molar-refractivity contribution in [1.29, 1.82) is 0 Å².